The summed E-state index contributed by atoms with van der Waals surface area (Å²) in [7, 11) is 1.56. The maximum absolute atomic E-state index is 13.4. The van der Waals surface area contributed by atoms with Gasteiger partial charge in [-0.25, -0.2) is 19.6 Å². The highest BCUT2D eigenvalue weighted by molar-refractivity contribution is 5.87. The van der Waals surface area contributed by atoms with E-state index in [4.69, 9.17) is 32.5 Å². The number of ether oxygens (including phenoxy) is 5. The van der Waals surface area contributed by atoms with Crippen molar-refractivity contribution in [2.24, 2.45) is 10.8 Å². The number of aliphatic hydroxyl groups is 2. The zero-order valence-corrected chi connectivity index (χ0v) is 33.0. The van der Waals surface area contributed by atoms with Crippen molar-refractivity contribution < 1.29 is 52.3 Å². The SMILES string of the molecule is C/C=C/C(O)C(C)(C)C1C/C=C\C2OC2/C=C\C(OC)Cc2nc(co2)C(=O)OC(C(C)(C)C(O)/C=C/C)C/C=C\C2OC2/C=C\C=C/c2nc(co2)C(=O)O1. The van der Waals surface area contributed by atoms with Gasteiger partial charge in [-0.15, -0.1) is 0 Å². The Bertz CT molecular complexity index is 1840. The third kappa shape index (κ3) is 11.2. The molecule has 0 radical (unpaired) electrons. The van der Waals surface area contributed by atoms with Gasteiger partial charge in [0.1, 0.15) is 49.2 Å². The Morgan fingerprint density at radius 2 is 1.25 bits per heavy atom. The van der Waals surface area contributed by atoms with Crippen molar-refractivity contribution in [3.05, 3.63) is 115 Å². The van der Waals surface area contributed by atoms with E-state index < -0.39 is 53.3 Å². The number of allylic oxidation sites excluding steroid dienone is 4. The van der Waals surface area contributed by atoms with Crippen molar-refractivity contribution in [1.82, 2.24) is 9.97 Å². The van der Waals surface area contributed by atoms with E-state index in [-0.39, 0.29) is 54.0 Å². The second-order valence-corrected chi connectivity index (χ2v) is 15.1. The minimum absolute atomic E-state index is 0.00381. The Kier molecular flexibility index (Phi) is 14.4. The Morgan fingerprint density at radius 1 is 0.732 bits per heavy atom. The summed E-state index contributed by atoms with van der Waals surface area (Å²) in [6, 6.07) is 0. The predicted octanol–water partition coefficient (Wildman–Crippen LogP) is 6.46. The molecule has 2 aromatic heterocycles. The fourth-order valence-electron chi connectivity index (χ4n) is 6.10. The summed E-state index contributed by atoms with van der Waals surface area (Å²) in [5, 5.41) is 21.9. The van der Waals surface area contributed by atoms with Gasteiger partial charge in [-0.3, -0.25) is 0 Å². The van der Waals surface area contributed by atoms with Gasteiger partial charge < -0.3 is 42.7 Å². The molecule has 3 aliphatic rings. The largest absolute Gasteiger partial charge is 0.457 e. The Balaban J connectivity index is 1.37. The molecular weight excluding hydrogens is 720 g/mol. The summed E-state index contributed by atoms with van der Waals surface area (Å²) in [4.78, 5) is 35.3. The molecule has 0 aliphatic carbocycles. The van der Waals surface area contributed by atoms with E-state index in [1.54, 1.807) is 49.6 Å². The lowest BCUT2D eigenvalue weighted by Crippen LogP contribution is -2.42. The molecule has 5 rings (SSSR count). The standard InChI is InChI=1S/C43H54N2O11/c1-8-14-34(46)42(3,4)36-20-13-18-32-33(54-32)23-22-27(50-7)24-39-45-29(26-52-39)41(49)56-37(43(5,6)35(47)15-9-2)19-12-17-31-30(53-31)16-10-11-21-38-44-28(25-51-38)40(48)55-36/h8-18,21-23,25-27,30-37,46-47H,19-20,24H2,1-7H3/b14-8+,15-9+,16-10-,17-12-,18-13-,21-11-,23-22-. The van der Waals surface area contributed by atoms with E-state index in [1.165, 1.54) is 12.5 Å². The van der Waals surface area contributed by atoms with E-state index in [0.29, 0.717) is 12.8 Å². The molecule has 5 heterocycles. The summed E-state index contributed by atoms with van der Waals surface area (Å²) >= 11 is 0. The predicted molar refractivity (Wildman–Crippen MR) is 207 cm³/mol. The van der Waals surface area contributed by atoms with Crippen LogP contribution in [0.2, 0.25) is 0 Å². The smallest absolute Gasteiger partial charge is 0.360 e. The number of nitrogens with zero attached hydrogens (tertiary/aromatic N) is 2. The number of aromatic nitrogens is 2. The molecule has 13 nitrogen and oxygen atoms in total. The van der Waals surface area contributed by atoms with Crippen molar-refractivity contribution in [3.63, 3.8) is 0 Å². The molecule has 0 saturated carbocycles. The van der Waals surface area contributed by atoms with Gasteiger partial charge in [0.15, 0.2) is 17.3 Å². The van der Waals surface area contributed by atoms with Crippen molar-refractivity contribution in [1.29, 1.82) is 0 Å². The second-order valence-electron chi connectivity index (χ2n) is 15.1. The van der Waals surface area contributed by atoms with Crippen LogP contribution in [0.25, 0.3) is 6.08 Å². The number of esters is 2. The highest BCUT2D eigenvalue weighted by Crippen LogP contribution is 2.35. The first-order valence-corrected chi connectivity index (χ1v) is 18.9. The molecule has 4 bridgehead atoms. The molecule has 56 heavy (non-hydrogen) atoms. The quantitative estimate of drug-likeness (QED) is 0.178. The van der Waals surface area contributed by atoms with E-state index >= 15 is 0 Å². The van der Waals surface area contributed by atoms with Crippen LogP contribution in [0.5, 0.6) is 0 Å². The number of carbonyl (C=O) groups is 2. The molecule has 9 atom stereocenters. The zero-order valence-electron chi connectivity index (χ0n) is 33.0. The van der Waals surface area contributed by atoms with Gasteiger partial charge in [-0.1, -0.05) is 107 Å². The summed E-state index contributed by atoms with van der Waals surface area (Å²) in [6.07, 6.45) is 24.1. The Labute approximate surface area is 328 Å². The normalized spacial score (nSPS) is 30.9. The van der Waals surface area contributed by atoms with Gasteiger partial charge in [0.2, 0.25) is 5.89 Å². The Morgan fingerprint density at radius 3 is 1.80 bits per heavy atom. The van der Waals surface area contributed by atoms with Crippen molar-refractivity contribution in [3.8, 4) is 0 Å². The second kappa shape index (κ2) is 19.0. The highest BCUT2D eigenvalue weighted by Gasteiger charge is 2.41. The first-order valence-electron chi connectivity index (χ1n) is 18.9. The number of carbonyl (C=O) groups excluding carboxylic acids is 2. The van der Waals surface area contributed by atoms with E-state index in [9.17, 15) is 19.8 Å². The molecule has 2 aromatic rings. The van der Waals surface area contributed by atoms with E-state index in [2.05, 4.69) is 9.97 Å². The maximum Gasteiger partial charge on any atom is 0.360 e. The van der Waals surface area contributed by atoms with Gasteiger partial charge in [0.05, 0.1) is 24.7 Å². The van der Waals surface area contributed by atoms with Crippen LogP contribution < -0.4 is 0 Å². The molecule has 2 N–H and O–H groups in total. The number of cyclic esters (lactones) is 2. The molecule has 0 amide bonds. The lowest BCUT2D eigenvalue weighted by Gasteiger charge is -2.36. The molecular formula is C43H54N2O11. The van der Waals surface area contributed by atoms with Crippen LogP contribution >= 0.6 is 0 Å². The minimum Gasteiger partial charge on any atom is -0.457 e. The molecule has 2 saturated heterocycles. The average Bonchev–Trinajstić information content (AvgIpc) is 3.96. The number of methoxy groups -OCH3 is 1. The molecule has 0 aromatic carbocycles. The fourth-order valence-corrected chi connectivity index (χ4v) is 6.10. The number of epoxide rings is 2. The number of oxazole rings is 2. The molecule has 2 fully saturated rings. The molecule has 0 spiro atoms. The first kappa shape index (κ1) is 42.5. The van der Waals surface area contributed by atoms with Gasteiger partial charge in [0.25, 0.3) is 0 Å². The van der Waals surface area contributed by atoms with Crippen LogP contribution in [0, 0.1) is 10.8 Å². The lowest BCUT2D eigenvalue weighted by atomic mass is 9.79. The van der Waals surface area contributed by atoms with E-state index in [0.717, 1.165) is 0 Å². The van der Waals surface area contributed by atoms with Gasteiger partial charge in [-0.05, 0) is 13.8 Å². The molecule has 9 unspecified atom stereocenters. The van der Waals surface area contributed by atoms with Crippen LogP contribution in [-0.2, 0) is 30.1 Å². The van der Waals surface area contributed by atoms with E-state index in [1.807, 2.05) is 84.1 Å². The monoisotopic (exact) mass is 774 g/mol. The van der Waals surface area contributed by atoms with Gasteiger partial charge in [-0.2, -0.15) is 0 Å². The lowest BCUT2D eigenvalue weighted by molar-refractivity contribution is -0.0461. The number of rotatable bonds is 7. The van der Waals surface area contributed by atoms with Gasteiger partial charge in [0, 0.05) is 36.9 Å². The number of hydrogen-bond acceptors (Lipinski definition) is 13. The van der Waals surface area contributed by atoms with Crippen molar-refractivity contribution in [2.45, 2.75) is 116 Å². The number of hydrogen-bond donors (Lipinski definition) is 2. The van der Waals surface area contributed by atoms with Gasteiger partial charge >= 0.3 is 11.9 Å². The molecule has 302 valence electrons. The molecule has 13 heteroatoms. The van der Waals surface area contributed by atoms with Crippen LogP contribution in [0.15, 0.2) is 100 Å². The average molecular weight is 775 g/mol. The topological polar surface area (TPSA) is 179 Å². The summed E-state index contributed by atoms with van der Waals surface area (Å²) in [6.45, 7) is 11.0. The Hall–Kier alpha value is -4.66. The summed E-state index contributed by atoms with van der Waals surface area (Å²) in [5.74, 6) is -0.844. The zero-order chi connectivity index (χ0) is 40.5. The van der Waals surface area contributed by atoms with Crippen molar-refractivity contribution >= 4 is 18.0 Å². The first-order chi connectivity index (χ1) is 26.8. The number of aliphatic hydroxyl groups excluding tert-OH is 2. The summed E-state index contributed by atoms with van der Waals surface area (Å²) in [5.41, 5.74) is -1.68. The van der Waals surface area contributed by atoms with Crippen LogP contribution in [0.3, 0.4) is 0 Å². The summed E-state index contributed by atoms with van der Waals surface area (Å²) < 4.78 is 40.3. The fraction of sp³-hybridized carbons (Fsp3) is 0.488. The van der Waals surface area contributed by atoms with Crippen LogP contribution in [-0.4, -0.2) is 94.2 Å². The third-order valence-corrected chi connectivity index (χ3v) is 10.2. The molecule has 3 aliphatic heterocycles. The number of fused-ring (bicyclic) bond motifs is 6. The third-order valence-electron chi connectivity index (χ3n) is 10.2. The highest BCUT2D eigenvalue weighted by atomic mass is 16.6. The minimum atomic E-state index is -0.884. The van der Waals surface area contributed by atoms with Crippen LogP contribution in [0.1, 0.15) is 87.1 Å². The van der Waals surface area contributed by atoms with Crippen molar-refractivity contribution in [2.75, 3.05) is 7.11 Å². The maximum atomic E-state index is 13.4. The van der Waals surface area contributed by atoms with Crippen LogP contribution in [0.4, 0.5) is 0 Å².